The van der Waals surface area contributed by atoms with Crippen LogP contribution in [-0.4, -0.2) is 18.4 Å². The fraction of sp³-hybridized carbons (Fsp3) is 0.545. The summed E-state index contributed by atoms with van der Waals surface area (Å²) >= 11 is 0. The van der Waals surface area contributed by atoms with E-state index in [4.69, 9.17) is 4.74 Å². The Labute approximate surface area is 84.4 Å². The third-order valence-electron chi connectivity index (χ3n) is 1.78. The molecule has 0 atom stereocenters. The monoisotopic (exact) mass is 196 g/mol. The Hall–Kier alpha value is -1.34. The Kier molecular flexibility index (Phi) is 6.42. The Morgan fingerprint density at radius 2 is 1.93 bits per heavy atom. The molecule has 0 heterocycles. The second kappa shape index (κ2) is 7.10. The van der Waals surface area contributed by atoms with E-state index in [2.05, 4.69) is 12.3 Å². The summed E-state index contributed by atoms with van der Waals surface area (Å²) in [5.41, 5.74) is 2.86. The summed E-state index contributed by atoms with van der Waals surface area (Å²) in [7, 11) is 0. The van der Waals surface area contributed by atoms with Crippen LogP contribution < -0.4 is 0 Å². The Morgan fingerprint density at radius 1 is 1.29 bits per heavy atom. The number of ketones is 1. The van der Waals surface area contributed by atoms with E-state index >= 15 is 0 Å². The molecule has 0 fully saturated rings. The molecule has 3 heteroatoms. The molecule has 0 aliphatic rings. The average Bonchev–Trinajstić information content (AvgIpc) is 2.18. The highest BCUT2D eigenvalue weighted by Crippen LogP contribution is 2.07. The molecule has 0 aromatic heterocycles. The van der Waals surface area contributed by atoms with Crippen molar-refractivity contribution in [3.63, 3.8) is 0 Å². The lowest BCUT2D eigenvalue weighted by atomic mass is 10.1. The van der Waals surface area contributed by atoms with Crippen LogP contribution in [0, 0.1) is 0 Å². The summed E-state index contributed by atoms with van der Waals surface area (Å²) < 4.78 is 4.77. The van der Waals surface area contributed by atoms with Crippen molar-refractivity contribution in [1.82, 2.24) is 0 Å². The van der Waals surface area contributed by atoms with E-state index < -0.39 is 5.97 Å². The van der Waals surface area contributed by atoms with E-state index in [1.807, 2.05) is 0 Å². The van der Waals surface area contributed by atoms with Gasteiger partial charge in [0.2, 0.25) is 0 Å². The lowest BCUT2D eigenvalue weighted by Gasteiger charge is -2.03. The van der Waals surface area contributed by atoms with Gasteiger partial charge in [-0.05, 0) is 13.3 Å². The van der Waals surface area contributed by atoms with Gasteiger partial charge in [-0.15, -0.1) is 5.73 Å². The minimum atomic E-state index is -0.425. The normalized spacial score (nSPS) is 9.00. The summed E-state index contributed by atoms with van der Waals surface area (Å²) in [5, 5.41) is 0. The molecule has 0 aromatic carbocycles. The molecule has 0 saturated carbocycles. The second-order valence-corrected chi connectivity index (χ2v) is 2.77. The summed E-state index contributed by atoms with van der Waals surface area (Å²) in [6, 6.07) is 0. The lowest BCUT2D eigenvalue weighted by molar-refractivity contribution is -0.138. The van der Waals surface area contributed by atoms with Crippen molar-refractivity contribution in [3.8, 4) is 0 Å². The summed E-state index contributed by atoms with van der Waals surface area (Å²) in [4.78, 5) is 22.2. The first-order valence-corrected chi connectivity index (χ1v) is 4.73. The first kappa shape index (κ1) is 12.7. The van der Waals surface area contributed by atoms with Gasteiger partial charge < -0.3 is 4.74 Å². The van der Waals surface area contributed by atoms with Crippen molar-refractivity contribution in [3.05, 3.63) is 17.9 Å². The average molecular weight is 196 g/mol. The molecule has 0 aromatic rings. The maximum absolute atomic E-state index is 11.2. The van der Waals surface area contributed by atoms with Crippen LogP contribution in [0.5, 0.6) is 0 Å². The summed E-state index contributed by atoms with van der Waals surface area (Å²) in [5.74, 6) is -0.298. The molecule has 0 aliphatic carbocycles. The topological polar surface area (TPSA) is 43.4 Å². The van der Waals surface area contributed by atoms with Crippen LogP contribution >= 0.6 is 0 Å². The van der Waals surface area contributed by atoms with Gasteiger partial charge >= 0.3 is 5.97 Å². The molecular formula is C11H16O3. The van der Waals surface area contributed by atoms with Crippen LogP contribution in [0.4, 0.5) is 0 Å². The van der Waals surface area contributed by atoms with Gasteiger partial charge in [0.25, 0.3) is 0 Å². The van der Waals surface area contributed by atoms with E-state index in [-0.39, 0.29) is 5.78 Å². The molecule has 14 heavy (non-hydrogen) atoms. The van der Waals surface area contributed by atoms with E-state index in [9.17, 15) is 9.59 Å². The van der Waals surface area contributed by atoms with Gasteiger partial charge in [0.05, 0.1) is 12.2 Å². The molecular weight excluding hydrogens is 180 g/mol. The third-order valence-corrected chi connectivity index (χ3v) is 1.78. The van der Waals surface area contributed by atoms with Crippen molar-refractivity contribution in [2.24, 2.45) is 0 Å². The zero-order valence-electron chi connectivity index (χ0n) is 8.76. The van der Waals surface area contributed by atoms with Gasteiger partial charge in [-0.1, -0.05) is 13.5 Å². The lowest BCUT2D eigenvalue weighted by Crippen LogP contribution is -2.08. The van der Waals surface area contributed by atoms with Gasteiger partial charge in [-0.2, -0.15) is 0 Å². The minimum absolute atomic E-state index is 0.127. The minimum Gasteiger partial charge on any atom is -0.462 e. The van der Waals surface area contributed by atoms with Crippen molar-refractivity contribution in [2.45, 2.75) is 33.1 Å². The second-order valence-electron chi connectivity index (χ2n) is 2.77. The van der Waals surface area contributed by atoms with E-state index in [0.29, 0.717) is 31.4 Å². The maximum atomic E-state index is 11.2. The Balaban J connectivity index is 4.12. The Bertz CT molecular complexity index is 260. The quantitative estimate of drug-likeness (QED) is 0.371. The molecule has 0 bridgehead atoms. The van der Waals surface area contributed by atoms with E-state index in [0.717, 1.165) is 0 Å². The molecule has 3 nitrogen and oxygen atoms in total. The molecule has 0 radical (unpaired) electrons. The van der Waals surface area contributed by atoms with Gasteiger partial charge in [0.1, 0.15) is 5.78 Å². The van der Waals surface area contributed by atoms with Crippen molar-refractivity contribution in [2.75, 3.05) is 6.61 Å². The number of ether oxygens (including phenoxy) is 1. The van der Waals surface area contributed by atoms with Crippen molar-refractivity contribution >= 4 is 11.8 Å². The number of rotatable bonds is 6. The number of hydrogen-bond acceptors (Lipinski definition) is 3. The largest absolute Gasteiger partial charge is 0.462 e. The number of hydrogen-bond donors (Lipinski definition) is 0. The van der Waals surface area contributed by atoms with E-state index in [1.54, 1.807) is 13.8 Å². The van der Waals surface area contributed by atoms with Gasteiger partial charge in [0, 0.05) is 12.8 Å². The van der Waals surface area contributed by atoms with E-state index in [1.165, 1.54) is 0 Å². The molecule has 0 amide bonds. The van der Waals surface area contributed by atoms with Crippen LogP contribution in [-0.2, 0) is 14.3 Å². The smallest absolute Gasteiger partial charge is 0.341 e. The van der Waals surface area contributed by atoms with Crippen LogP contribution in [0.15, 0.2) is 17.9 Å². The SMILES string of the molecule is C=C=C(CCC(=O)CC)C(=O)OCC. The van der Waals surface area contributed by atoms with Crippen molar-refractivity contribution in [1.29, 1.82) is 0 Å². The zero-order chi connectivity index (χ0) is 11.0. The molecule has 0 N–H and O–H groups in total. The van der Waals surface area contributed by atoms with Crippen LogP contribution in [0.25, 0.3) is 0 Å². The Morgan fingerprint density at radius 3 is 2.36 bits per heavy atom. The highest BCUT2D eigenvalue weighted by Gasteiger charge is 2.10. The first-order valence-electron chi connectivity index (χ1n) is 4.73. The van der Waals surface area contributed by atoms with Crippen LogP contribution in [0.2, 0.25) is 0 Å². The van der Waals surface area contributed by atoms with Gasteiger partial charge in [-0.25, -0.2) is 4.79 Å². The number of carbonyl (C=O) groups is 2. The molecule has 0 rings (SSSR count). The third kappa shape index (κ3) is 4.63. The predicted octanol–water partition coefficient (Wildman–Crippen LogP) is 2.02. The zero-order valence-corrected chi connectivity index (χ0v) is 8.76. The molecule has 78 valence electrons. The molecule has 0 spiro atoms. The highest BCUT2D eigenvalue weighted by molar-refractivity contribution is 5.89. The fourth-order valence-corrected chi connectivity index (χ4v) is 0.922. The number of Topliss-reactive ketones (excluding diaryl/α,β-unsaturated/α-hetero) is 1. The van der Waals surface area contributed by atoms with Crippen LogP contribution in [0.1, 0.15) is 33.1 Å². The van der Waals surface area contributed by atoms with Crippen molar-refractivity contribution < 1.29 is 14.3 Å². The first-order chi connectivity index (χ1) is 6.65. The highest BCUT2D eigenvalue weighted by atomic mass is 16.5. The molecule has 0 saturated heterocycles. The standard InChI is InChI=1S/C11H16O3/c1-4-9(11(13)14-6-3)7-8-10(12)5-2/h1,5-8H2,2-3H3. The number of carbonyl (C=O) groups excluding carboxylic acids is 2. The summed E-state index contributed by atoms with van der Waals surface area (Å²) in [6.07, 6.45) is 1.22. The maximum Gasteiger partial charge on any atom is 0.341 e. The fourth-order valence-electron chi connectivity index (χ4n) is 0.922. The van der Waals surface area contributed by atoms with Gasteiger partial charge in [0.15, 0.2) is 0 Å². The summed E-state index contributed by atoms with van der Waals surface area (Å²) in [6.45, 7) is 7.25. The van der Waals surface area contributed by atoms with Crippen LogP contribution in [0.3, 0.4) is 0 Å². The molecule has 0 unspecified atom stereocenters. The molecule has 0 aliphatic heterocycles. The van der Waals surface area contributed by atoms with Gasteiger partial charge in [-0.3, -0.25) is 4.79 Å². The predicted molar refractivity (Wildman–Crippen MR) is 53.8 cm³/mol. The number of esters is 1.